The number of H-pyrrole nitrogens is 1. The number of fused-ring (bicyclic) bond motifs is 1. The summed E-state index contributed by atoms with van der Waals surface area (Å²) in [5, 5.41) is 12.6. The zero-order chi connectivity index (χ0) is 18.9. The van der Waals surface area contributed by atoms with Crippen LogP contribution in [0.15, 0.2) is 67.1 Å². The molecule has 6 heteroatoms. The monoisotopic (exact) mass is 371 g/mol. The number of rotatable bonds is 4. The van der Waals surface area contributed by atoms with Crippen molar-refractivity contribution in [2.75, 3.05) is 13.1 Å². The van der Waals surface area contributed by atoms with Crippen LogP contribution in [0.25, 0.3) is 22.0 Å². The maximum atomic E-state index is 12.7. The molecule has 1 N–H and O–H groups in total. The molecule has 0 radical (unpaired) electrons. The number of amides is 1. The topological polar surface area (TPSA) is 66.8 Å². The minimum absolute atomic E-state index is 0.123. The fourth-order valence-electron chi connectivity index (χ4n) is 3.99. The Kier molecular flexibility index (Phi) is 4.16. The van der Waals surface area contributed by atoms with Crippen LogP contribution in [-0.2, 0) is 6.54 Å². The highest BCUT2D eigenvalue weighted by Gasteiger charge is 2.27. The lowest BCUT2D eigenvalue weighted by Gasteiger charge is -2.17. The Bertz CT molecular complexity index is 1100. The molecule has 1 unspecified atom stereocenters. The number of nitrogens with zero attached hydrogens (tertiary/aromatic N) is 4. The lowest BCUT2D eigenvalue weighted by molar-refractivity contribution is 0.0786. The molecule has 0 bridgehead atoms. The third-order valence-corrected chi connectivity index (χ3v) is 5.50. The summed E-state index contributed by atoms with van der Waals surface area (Å²) >= 11 is 0. The van der Waals surface area contributed by atoms with Crippen molar-refractivity contribution >= 4 is 16.8 Å². The minimum atomic E-state index is 0.123. The molecule has 0 aliphatic carbocycles. The van der Waals surface area contributed by atoms with Gasteiger partial charge in [0.1, 0.15) is 0 Å². The summed E-state index contributed by atoms with van der Waals surface area (Å²) < 4.78 is 2.07. The van der Waals surface area contributed by atoms with Crippen LogP contribution >= 0.6 is 0 Å². The summed E-state index contributed by atoms with van der Waals surface area (Å²) in [6.07, 6.45) is 6.64. The van der Waals surface area contributed by atoms with E-state index in [2.05, 4.69) is 38.2 Å². The van der Waals surface area contributed by atoms with E-state index in [1.807, 2.05) is 53.8 Å². The van der Waals surface area contributed by atoms with Crippen LogP contribution in [0.5, 0.6) is 0 Å². The zero-order valence-corrected chi connectivity index (χ0v) is 15.5. The Hall–Kier alpha value is -3.41. The maximum Gasteiger partial charge on any atom is 0.253 e. The first-order valence-corrected chi connectivity index (χ1v) is 9.57. The predicted octanol–water partition coefficient (Wildman–Crippen LogP) is 3.59. The Balaban J connectivity index is 1.30. The fraction of sp³-hybridized carbons (Fsp3) is 0.227. The smallest absolute Gasteiger partial charge is 0.253 e. The van der Waals surface area contributed by atoms with E-state index in [1.54, 1.807) is 0 Å². The second kappa shape index (κ2) is 6.96. The molecule has 1 atom stereocenters. The van der Waals surface area contributed by atoms with Gasteiger partial charge in [-0.25, -0.2) is 0 Å². The lowest BCUT2D eigenvalue weighted by Crippen LogP contribution is -2.29. The van der Waals surface area contributed by atoms with Crippen molar-refractivity contribution in [3.05, 3.63) is 72.7 Å². The molecule has 1 saturated heterocycles. The molecule has 0 saturated carbocycles. The Morgan fingerprint density at radius 2 is 2.00 bits per heavy atom. The summed E-state index contributed by atoms with van der Waals surface area (Å²) in [6.45, 7) is 2.41. The molecular formula is C22H21N5O. The summed E-state index contributed by atoms with van der Waals surface area (Å²) in [6, 6.07) is 15.9. The highest BCUT2D eigenvalue weighted by molar-refractivity contribution is 5.94. The van der Waals surface area contributed by atoms with Crippen LogP contribution < -0.4 is 0 Å². The normalized spacial score (nSPS) is 16.7. The first-order valence-electron chi connectivity index (χ1n) is 9.57. The molecule has 6 nitrogen and oxygen atoms in total. The summed E-state index contributed by atoms with van der Waals surface area (Å²) in [5.41, 5.74) is 4.08. The molecule has 4 aromatic rings. The number of aromatic nitrogens is 4. The van der Waals surface area contributed by atoms with Crippen molar-refractivity contribution in [2.24, 2.45) is 5.92 Å². The van der Waals surface area contributed by atoms with Gasteiger partial charge in [-0.05, 0) is 42.2 Å². The van der Waals surface area contributed by atoms with Gasteiger partial charge >= 0.3 is 0 Å². The van der Waals surface area contributed by atoms with E-state index in [1.165, 1.54) is 0 Å². The van der Waals surface area contributed by atoms with Gasteiger partial charge in [-0.15, -0.1) is 0 Å². The SMILES string of the molecule is O=C(c1ccccc1)N1CCC(Cn2ncc3cc(-c4cn[nH]c4)ccc32)C1. The molecule has 1 aliphatic rings. The number of carbonyl (C=O) groups is 1. The van der Waals surface area contributed by atoms with E-state index in [9.17, 15) is 4.79 Å². The average molecular weight is 371 g/mol. The molecule has 0 spiro atoms. The van der Waals surface area contributed by atoms with Gasteiger partial charge in [-0.2, -0.15) is 10.2 Å². The van der Waals surface area contributed by atoms with Gasteiger partial charge < -0.3 is 4.90 Å². The minimum Gasteiger partial charge on any atom is -0.338 e. The molecule has 1 amide bonds. The maximum absolute atomic E-state index is 12.7. The first-order chi connectivity index (χ1) is 13.8. The van der Waals surface area contributed by atoms with Crippen molar-refractivity contribution in [1.82, 2.24) is 24.9 Å². The standard InChI is InChI=1S/C22H21N5O/c28-22(17-4-2-1-3-5-17)26-9-8-16(14-26)15-27-21-7-6-18(10-19(21)13-25-27)20-11-23-24-12-20/h1-7,10-13,16H,8-9,14-15H2,(H,23,24). The van der Waals surface area contributed by atoms with Gasteiger partial charge in [-0.3, -0.25) is 14.6 Å². The van der Waals surface area contributed by atoms with Gasteiger partial charge in [0.15, 0.2) is 0 Å². The molecule has 2 aromatic heterocycles. The summed E-state index contributed by atoms with van der Waals surface area (Å²) in [7, 11) is 0. The van der Waals surface area contributed by atoms with E-state index in [0.717, 1.165) is 53.6 Å². The molecule has 5 rings (SSSR count). The van der Waals surface area contributed by atoms with E-state index >= 15 is 0 Å². The Labute approximate surface area is 162 Å². The number of likely N-dealkylation sites (tertiary alicyclic amines) is 1. The average Bonchev–Trinajstić information content (AvgIpc) is 3.50. The van der Waals surface area contributed by atoms with E-state index < -0.39 is 0 Å². The third-order valence-electron chi connectivity index (χ3n) is 5.50. The number of carbonyl (C=O) groups excluding carboxylic acids is 1. The highest BCUT2D eigenvalue weighted by atomic mass is 16.2. The van der Waals surface area contributed by atoms with Gasteiger partial charge in [0.25, 0.3) is 5.91 Å². The van der Waals surface area contributed by atoms with Crippen LogP contribution in [0.4, 0.5) is 0 Å². The highest BCUT2D eigenvalue weighted by Crippen LogP contribution is 2.26. The van der Waals surface area contributed by atoms with Crippen LogP contribution in [0, 0.1) is 5.92 Å². The van der Waals surface area contributed by atoms with E-state index in [4.69, 9.17) is 0 Å². The van der Waals surface area contributed by atoms with Crippen LogP contribution in [0.2, 0.25) is 0 Å². The van der Waals surface area contributed by atoms with Gasteiger partial charge in [0.05, 0.1) is 17.9 Å². The summed E-state index contributed by atoms with van der Waals surface area (Å²) in [4.78, 5) is 14.6. The number of hydrogen-bond donors (Lipinski definition) is 1. The predicted molar refractivity (Wildman–Crippen MR) is 108 cm³/mol. The van der Waals surface area contributed by atoms with Crippen molar-refractivity contribution in [3.8, 4) is 11.1 Å². The second-order valence-electron chi connectivity index (χ2n) is 7.36. The van der Waals surface area contributed by atoms with Gasteiger partial charge in [0, 0.05) is 42.3 Å². The molecule has 1 fully saturated rings. The third kappa shape index (κ3) is 3.07. The molecule has 28 heavy (non-hydrogen) atoms. The van der Waals surface area contributed by atoms with Gasteiger partial charge in [0.2, 0.25) is 0 Å². The summed E-state index contributed by atoms with van der Waals surface area (Å²) in [5.74, 6) is 0.544. The largest absolute Gasteiger partial charge is 0.338 e. The fourth-order valence-corrected chi connectivity index (χ4v) is 3.99. The first kappa shape index (κ1) is 16.7. The van der Waals surface area contributed by atoms with Crippen molar-refractivity contribution in [2.45, 2.75) is 13.0 Å². The van der Waals surface area contributed by atoms with Crippen molar-refractivity contribution < 1.29 is 4.79 Å². The van der Waals surface area contributed by atoms with Crippen molar-refractivity contribution in [1.29, 1.82) is 0 Å². The van der Waals surface area contributed by atoms with E-state index in [-0.39, 0.29) is 5.91 Å². The Morgan fingerprint density at radius 3 is 2.82 bits per heavy atom. The molecule has 3 heterocycles. The second-order valence-corrected chi connectivity index (χ2v) is 7.36. The lowest BCUT2D eigenvalue weighted by atomic mass is 10.1. The molecular weight excluding hydrogens is 350 g/mol. The Morgan fingerprint density at radius 1 is 1.11 bits per heavy atom. The quantitative estimate of drug-likeness (QED) is 0.596. The van der Waals surface area contributed by atoms with Crippen molar-refractivity contribution in [3.63, 3.8) is 0 Å². The molecule has 2 aromatic carbocycles. The van der Waals surface area contributed by atoms with Gasteiger partial charge in [-0.1, -0.05) is 24.3 Å². The molecule has 140 valence electrons. The van der Waals surface area contributed by atoms with Crippen LogP contribution in [0.3, 0.4) is 0 Å². The number of aromatic amines is 1. The van der Waals surface area contributed by atoms with Crippen LogP contribution in [0.1, 0.15) is 16.8 Å². The molecule has 1 aliphatic heterocycles. The van der Waals surface area contributed by atoms with Crippen LogP contribution in [-0.4, -0.2) is 43.9 Å². The van der Waals surface area contributed by atoms with E-state index in [0.29, 0.717) is 5.92 Å². The number of nitrogens with one attached hydrogen (secondary N) is 1. The zero-order valence-electron chi connectivity index (χ0n) is 15.5. The number of benzene rings is 2. The number of hydrogen-bond acceptors (Lipinski definition) is 3.